The Kier molecular flexibility index (Phi) is 2.12. The molecule has 3 nitrogen and oxygen atoms in total. The summed E-state index contributed by atoms with van der Waals surface area (Å²) in [4.78, 5) is 10.0. The Balaban J connectivity index is 3.80. The average Bonchev–Trinajstić information content (AvgIpc) is 1.62. The predicted octanol–water partition coefficient (Wildman–Crippen LogP) is -0.824. The van der Waals surface area contributed by atoms with Gasteiger partial charge >= 0.3 is 0 Å². The van der Waals surface area contributed by atoms with Crippen molar-refractivity contribution >= 4 is 6.29 Å². The maximum absolute atomic E-state index is 10.0. The molecule has 3 heteroatoms. The van der Waals surface area contributed by atoms with E-state index in [-0.39, 0.29) is 0 Å². The van der Waals surface area contributed by atoms with Gasteiger partial charge in [-0.1, -0.05) is 0 Å². The molecule has 0 aromatic carbocycles. The molecule has 0 aromatic rings. The fraction of sp³-hybridized carbons (Fsp3) is 0.800. The first-order chi connectivity index (χ1) is 3.48. The molecular weight excluding hydrogens is 104 g/mol. The zero-order valence-corrected chi connectivity index (χ0v) is 5.59. The first-order valence-electron chi connectivity index (χ1n) is 2.50. The summed E-state index contributed by atoms with van der Waals surface area (Å²) in [6.45, 7) is 0. The molecular formula is C5H13N2O+. The second-order valence-corrected chi connectivity index (χ2v) is 2.74. The topological polar surface area (TPSA) is 43.1 Å². The Morgan fingerprint density at radius 1 is 1.50 bits per heavy atom. The fourth-order valence-corrected chi connectivity index (χ4v) is 0.183. The van der Waals surface area contributed by atoms with E-state index < -0.39 is 6.17 Å². The van der Waals surface area contributed by atoms with E-state index in [0.717, 1.165) is 6.29 Å². The first-order valence-corrected chi connectivity index (χ1v) is 2.50. The number of hydrogen-bond acceptors (Lipinski definition) is 2. The van der Waals surface area contributed by atoms with Gasteiger partial charge in [0.25, 0.3) is 0 Å². The van der Waals surface area contributed by atoms with Crippen LogP contribution in [0.2, 0.25) is 0 Å². The molecule has 0 aliphatic heterocycles. The highest BCUT2D eigenvalue weighted by Gasteiger charge is 2.16. The van der Waals surface area contributed by atoms with Gasteiger partial charge in [-0.15, -0.1) is 0 Å². The lowest BCUT2D eigenvalue weighted by Gasteiger charge is -2.26. The van der Waals surface area contributed by atoms with Crippen LogP contribution < -0.4 is 5.73 Å². The summed E-state index contributed by atoms with van der Waals surface area (Å²) in [7, 11) is 5.62. The highest BCUT2D eigenvalue weighted by molar-refractivity contribution is 5.54. The van der Waals surface area contributed by atoms with Crippen molar-refractivity contribution in [1.29, 1.82) is 0 Å². The summed E-state index contributed by atoms with van der Waals surface area (Å²) in [5.74, 6) is 0. The Hall–Kier alpha value is -0.410. The summed E-state index contributed by atoms with van der Waals surface area (Å²) in [5, 5.41) is 0. The molecule has 8 heavy (non-hydrogen) atoms. The van der Waals surface area contributed by atoms with Crippen molar-refractivity contribution in [1.82, 2.24) is 0 Å². The Bertz CT molecular complexity index is 84.9. The number of likely N-dealkylation sites (N-methyl/N-ethyl adjacent to an activating group) is 1. The summed E-state index contributed by atoms with van der Waals surface area (Å²) in [6.07, 6.45) is 0.356. The number of carbonyl (C=O) groups excluding carboxylic acids is 1. The van der Waals surface area contributed by atoms with E-state index in [1.165, 1.54) is 0 Å². The summed E-state index contributed by atoms with van der Waals surface area (Å²) in [6, 6.07) is 0. The molecule has 0 saturated heterocycles. The number of nitrogens with zero attached hydrogens (tertiary/aromatic N) is 1. The Labute approximate surface area is 49.7 Å². The highest BCUT2D eigenvalue weighted by Crippen LogP contribution is 1.90. The number of quaternary nitrogens is 1. The van der Waals surface area contributed by atoms with Crippen molar-refractivity contribution < 1.29 is 9.28 Å². The van der Waals surface area contributed by atoms with Gasteiger partial charge in [-0.05, 0) is 0 Å². The largest absolute Gasteiger partial charge is 0.310 e. The first kappa shape index (κ1) is 7.59. The standard InChI is InChI=1S/C5H13N2O/c1-7(2,3)5(6)4-8/h4-5H,6H2,1-3H3/q+1. The van der Waals surface area contributed by atoms with E-state index in [4.69, 9.17) is 5.73 Å². The van der Waals surface area contributed by atoms with Crippen LogP contribution >= 0.6 is 0 Å². The zero-order chi connectivity index (χ0) is 6.78. The third kappa shape index (κ3) is 2.04. The summed E-state index contributed by atoms with van der Waals surface area (Å²) >= 11 is 0. The molecule has 0 fully saturated rings. The lowest BCUT2D eigenvalue weighted by Crippen LogP contribution is -2.51. The second kappa shape index (κ2) is 2.24. The number of rotatable bonds is 2. The van der Waals surface area contributed by atoms with E-state index in [0.29, 0.717) is 4.48 Å². The van der Waals surface area contributed by atoms with Crippen molar-refractivity contribution in [2.45, 2.75) is 6.17 Å². The van der Waals surface area contributed by atoms with Crippen LogP contribution in [0.4, 0.5) is 0 Å². The Morgan fingerprint density at radius 2 is 1.88 bits per heavy atom. The number of hydrogen-bond donors (Lipinski definition) is 1. The van der Waals surface area contributed by atoms with Crippen molar-refractivity contribution in [2.75, 3.05) is 21.1 Å². The van der Waals surface area contributed by atoms with Gasteiger partial charge in [0, 0.05) is 0 Å². The SMILES string of the molecule is C[N+](C)(C)C(N)C=O. The minimum absolute atomic E-state index is 0.394. The van der Waals surface area contributed by atoms with Gasteiger partial charge in [0.15, 0.2) is 12.5 Å². The van der Waals surface area contributed by atoms with E-state index in [9.17, 15) is 4.79 Å². The van der Waals surface area contributed by atoms with Crippen molar-refractivity contribution in [3.05, 3.63) is 0 Å². The molecule has 0 radical (unpaired) electrons. The molecule has 0 bridgehead atoms. The molecule has 0 heterocycles. The highest BCUT2D eigenvalue weighted by atomic mass is 16.1. The quantitative estimate of drug-likeness (QED) is 0.291. The monoisotopic (exact) mass is 117 g/mol. The zero-order valence-electron chi connectivity index (χ0n) is 5.59. The number of nitrogens with two attached hydrogens (primary N) is 1. The molecule has 0 rings (SSSR count). The van der Waals surface area contributed by atoms with Crippen molar-refractivity contribution in [2.24, 2.45) is 5.73 Å². The fourth-order valence-electron chi connectivity index (χ4n) is 0.183. The van der Waals surface area contributed by atoms with Crippen molar-refractivity contribution in [3.8, 4) is 0 Å². The van der Waals surface area contributed by atoms with Gasteiger partial charge in [-0.25, -0.2) is 0 Å². The molecule has 0 amide bonds. The minimum atomic E-state index is -0.394. The van der Waals surface area contributed by atoms with Crippen LogP contribution in [0.5, 0.6) is 0 Å². The van der Waals surface area contributed by atoms with Crippen LogP contribution in [0.3, 0.4) is 0 Å². The van der Waals surface area contributed by atoms with Gasteiger partial charge in [0.2, 0.25) is 0 Å². The van der Waals surface area contributed by atoms with Crippen molar-refractivity contribution in [3.63, 3.8) is 0 Å². The third-order valence-electron chi connectivity index (χ3n) is 1.03. The number of carbonyl (C=O) groups is 1. The van der Waals surface area contributed by atoms with Crippen LogP contribution in [0.15, 0.2) is 0 Å². The molecule has 0 saturated carbocycles. The normalized spacial score (nSPS) is 15.5. The molecule has 0 aliphatic carbocycles. The van der Waals surface area contributed by atoms with Crippen LogP contribution in [-0.2, 0) is 4.79 Å². The summed E-state index contributed by atoms with van der Waals surface area (Å²) < 4.78 is 0.490. The minimum Gasteiger partial charge on any atom is -0.310 e. The molecule has 0 spiro atoms. The van der Waals surface area contributed by atoms with E-state index in [2.05, 4.69) is 0 Å². The maximum Gasteiger partial charge on any atom is 0.196 e. The summed E-state index contributed by atoms with van der Waals surface area (Å²) in [5.41, 5.74) is 5.35. The predicted molar refractivity (Wildman–Crippen MR) is 32.1 cm³/mol. The van der Waals surface area contributed by atoms with Gasteiger partial charge in [-0.2, -0.15) is 0 Å². The molecule has 0 aromatic heterocycles. The molecule has 1 unspecified atom stereocenters. The lowest BCUT2D eigenvalue weighted by atomic mass is 10.4. The van der Waals surface area contributed by atoms with Gasteiger partial charge < -0.3 is 4.48 Å². The van der Waals surface area contributed by atoms with Crippen LogP contribution in [0.25, 0.3) is 0 Å². The second-order valence-electron chi connectivity index (χ2n) is 2.74. The molecule has 1 atom stereocenters. The van der Waals surface area contributed by atoms with Crippen LogP contribution in [0, 0.1) is 0 Å². The van der Waals surface area contributed by atoms with E-state index in [1.807, 2.05) is 21.1 Å². The van der Waals surface area contributed by atoms with E-state index in [1.54, 1.807) is 0 Å². The number of aldehydes is 1. The van der Waals surface area contributed by atoms with Gasteiger partial charge in [-0.3, -0.25) is 10.5 Å². The van der Waals surface area contributed by atoms with Gasteiger partial charge in [0.05, 0.1) is 21.1 Å². The van der Waals surface area contributed by atoms with E-state index >= 15 is 0 Å². The lowest BCUT2D eigenvalue weighted by molar-refractivity contribution is -0.885. The molecule has 48 valence electrons. The molecule has 0 aliphatic rings. The Morgan fingerprint density at radius 3 is 1.88 bits per heavy atom. The van der Waals surface area contributed by atoms with Gasteiger partial charge in [0.1, 0.15) is 0 Å². The average molecular weight is 117 g/mol. The smallest absolute Gasteiger partial charge is 0.196 e. The van der Waals surface area contributed by atoms with Crippen LogP contribution in [0.1, 0.15) is 0 Å². The molecule has 2 N–H and O–H groups in total. The maximum atomic E-state index is 10.0. The van der Waals surface area contributed by atoms with Crippen LogP contribution in [-0.4, -0.2) is 38.1 Å². The third-order valence-corrected chi connectivity index (χ3v) is 1.03.